The van der Waals surface area contributed by atoms with Crippen LogP contribution in [0.2, 0.25) is 0 Å². The summed E-state index contributed by atoms with van der Waals surface area (Å²) in [5.41, 5.74) is 0.840. The van der Waals surface area contributed by atoms with Crippen LogP contribution in [0.15, 0.2) is 48.5 Å². The minimum atomic E-state index is -0.394. The average molecular weight is 444 g/mol. The van der Waals surface area contributed by atoms with Crippen molar-refractivity contribution in [3.8, 4) is 0 Å². The number of carbonyl (C=O) groups is 2. The van der Waals surface area contributed by atoms with Gasteiger partial charge in [0.05, 0.1) is 0 Å². The Morgan fingerprint density at radius 2 is 1.41 bits per heavy atom. The van der Waals surface area contributed by atoms with E-state index in [1.165, 1.54) is 36.4 Å². The van der Waals surface area contributed by atoms with Gasteiger partial charge in [-0.25, -0.2) is 8.78 Å². The normalized spacial score (nSPS) is 15.0. The Bertz CT molecular complexity index is 916. The molecule has 0 atom stereocenters. The molecule has 1 saturated heterocycles. The summed E-state index contributed by atoms with van der Waals surface area (Å²) in [5, 5.41) is 0. The first kappa shape index (κ1) is 23.9. The van der Waals surface area contributed by atoms with E-state index in [1.54, 1.807) is 17.0 Å². The van der Waals surface area contributed by atoms with Crippen molar-refractivity contribution in [3.63, 3.8) is 0 Å². The summed E-state index contributed by atoms with van der Waals surface area (Å²) in [6, 6.07) is 11.6. The first-order valence-electron chi connectivity index (χ1n) is 10.9. The Balaban J connectivity index is 1.64. The Labute approximate surface area is 188 Å². The van der Waals surface area contributed by atoms with E-state index in [2.05, 4.69) is 4.90 Å². The van der Waals surface area contributed by atoms with E-state index in [9.17, 15) is 18.4 Å². The van der Waals surface area contributed by atoms with E-state index in [0.717, 1.165) is 18.7 Å². The summed E-state index contributed by atoms with van der Waals surface area (Å²) in [6.45, 7) is 10.1. The second kappa shape index (κ2) is 10.2. The third-order valence-electron chi connectivity index (χ3n) is 5.65. The summed E-state index contributed by atoms with van der Waals surface area (Å²) in [5.74, 6) is -0.764. The number of hydrogen-bond donors (Lipinski definition) is 0. The van der Waals surface area contributed by atoms with Crippen LogP contribution >= 0.6 is 0 Å². The molecular weight excluding hydrogens is 412 g/mol. The molecule has 7 heteroatoms. The molecule has 1 aliphatic heterocycles. The molecule has 0 N–H and O–H groups in total. The maximum absolute atomic E-state index is 13.3. The van der Waals surface area contributed by atoms with Gasteiger partial charge < -0.3 is 9.80 Å². The molecule has 0 radical (unpaired) electrons. The molecule has 0 aromatic heterocycles. The van der Waals surface area contributed by atoms with Crippen LogP contribution in [0.1, 0.15) is 36.7 Å². The first-order chi connectivity index (χ1) is 15.1. The lowest BCUT2D eigenvalue weighted by molar-refractivity contribution is -0.141. The number of nitrogens with zero attached hydrogens (tertiary/aromatic N) is 3. The molecule has 1 heterocycles. The molecular formula is C25H31F2N3O2. The Morgan fingerprint density at radius 1 is 0.875 bits per heavy atom. The van der Waals surface area contributed by atoms with Gasteiger partial charge in [-0.3, -0.25) is 14.5 Å². The highest BCUT2D eigenvalue weighted by atomic mass is 19.1. The molecule has 0 bridgehead atoms. The third-order valence-corrected chi connectivity index (χ3v) is 5.65. The molecule has 2 amide bonds. The summed E-state index contributed by atoms with van der Waals surface area (Å²) < 4.78 is 26.6. The number of halogens is 2. The van der Waals surface area contributed by atoms with Gasteiger partial charge in [-0.05, 0) is 42.0 Å². The molecule has 1 aliphatic rings. The lowest BCUT2D eigenvalue weighted by Crippen LogP contribution is -2.52. The van der Waals surface area contributed by atoms with Crippen molar-refractivity contribution in [3.05, 3.63) is 71.3 Å². The highest BCUT2D eigenvalue weighted by Crippen LogP contribution is 2.19. The van der Waals surface area contributed by atoms with Crippen molar-refractivity contribution in [1.82, 2.24) is 14.7 Å². The van der Waals surface area contributed by atoms with Crippen LogP contribution in [0.5, 0.6) is 0 Å². The number of benzene rings is 2. The van der Waals surface area contributed by atoms with Crippen molar-refractivity contribution in [2.24, 2.45) is 5.41 Å². The van der Waals surface area contributed by atoms with E-state index < -0.39 is 11.2 Å². The zero-order valence-corrected chi connectivity index (χ0v) is 19.0. The smallest absolute Gasteiger partial charge is 0.254 e. The molecule has 0 spiro atoms. The van der Waals surface area contributed by atoms with Gasteiger partial charge in [0.1, 0.15) is 11.6 Å². The number of piperazine rings is 1. The summed E-state index contributed by atoms with van der Waals surface area (Å²) in [7, 11) is 0. The fourth-order valence-electron chi connectivity index (χ4n) is 3.75. The number of amides is 2. The highest BCUT2D eigenvalue weighted by Gasteiger charge is 2.29. The van der Waals surface area contributed by atoms with Crippen LogP contribution in [0.3, 0.4) is 0 Å². The monoisotopic (exact) mass is 443 g/mol. The third kappa shape index (κ3) is 6.36. The highest BCUT2D eigenvalue weighted by molar-refractivity contribution is 5.94. The van der Waals surface area contributed by atoms with E-state index in [4.69, 9.17) is 0 Å². The Hall–Kier alpha value is -2.80. The zero-order chi connectivity index (χ0) is 23.3. The van der Waals surface area contributed by atoms with Crippen molar-refractivity contribution >= 4 is 11.8 Å². The van der Waals surface area contributed by atoms with Crippen LogP contribution in [-0.2, 0) is 11.3 Å². The maximum atomic E-state index is 13.3. The fraction of sp³-hybridized carbons (Fsp3) is 0.440. The molecule has 2 aromatic carbocycles. The molecule has 0 unspecified atom stereocenters. The molecule has 0 saturated carbocycles. The average Bonchev–Trinajstić information content (AvgIpc) is 2.77. The van der Waals surface area contributed by atoms with Gasteiger partial charge in [-0.1, -0.05) is 32.9 Å². The van der Waals surface area contributed by atoms with Crippen LogP contribution < -0.4 is 0 Å². The fourth-order valence-corrected chi connectivity index (χ4v) is 3.75. The van der Waals surface area contributed by atoms with Gasteiger partial charge in [-0.2, -0.15) is 0 Å². The predicted octanol–water partition coefficient (Wildman–Crippen LogP) is 3.80. The minimum absolute atomic E-state index is 0.154. The van der Waals surface area contributed by atoms with Gasteiger partial charge in [-0.15, -0.1) is 0 Å². The molecule has 2 aromatic rings. The number of rotatable bonds is 6. The summed E-state index contributed by atoms with van der Waals surface area (Å²) in [6.07, 6.45) is 0. The van der Waals surface area contributed by atoms with Gasteiger partial charge >= 0.3 is 0 Å². The quantitative estimate of drug-likeness (QED) is 0.682. The van der Waals surface area contributed by atoms with Crippen LogP contribution in [0.4, 0.5) is 8.78 Å². The molecule has 0 aliphatic carbocycles. The first-order valence-corrected chi connectivity index (χ1v) is 10.9. The van der Waals surface area contributed by atoms with Gasteiger partial charge in [0.2, 0.25) is 5.91 Å². The van der Waals surface area contributed by atoms with E-state index >= 15 is 0 Å². The molecule has 172 valence electrons. The van der Waals surface area contributed by atoms with Gasteiger partial charge in [0.25, 0.3) is 5.91 Å². The van der Waals surface area contributed by atoms with Crippen LogP contribution in [-0.4, -0.2) is 65.8 Å². The van der Waals surface area contributed by atoms with Crippen molar-refractivity contribution in [2.75, 3.05) is 39.3 Å². The number of hydrogen-bond acceptors (Lipinski definition) is 3. The standard InChI is InChI=1S/C25H31F2N3O2/c1-25(2,3)24(32)29-15-12-28(13-16-29)14-17-30(18-19-4-8-21(26)9-5-19)23(31)20-6-10-22(27)11-7-20/h4-11H,12-18H2,1-3H3. The topological polar surface area (TPSA) is 43.9 Å². The lowest BCUT2D eigenvalue weighted by Gasteiger charge is -2.38. The van der Waals surface area contributed by atoms with Crippen molar-refractivity contribution in [2.45, 2.75) is 27.3 Å². The van der Waals surface area contributed by atoms with Crippen LogP contribution in [0.25, 0.3) is 0 Å². The maximum Gasteiger partial charge on any atom is 0.254 e. The summed E-state index contributed by atoms with van der Waals surface area (Å²) in [4.78, 5) is 31.4. The van der Waals surface area contributed by atoms with Crippen molar-refractivity contribution in [1.29, 1.82) is 0 Å². The molecule has 32 heavy (non-hydrogen) atoms. The van der Waals surface area contributed by atoms with Crippen LogP contribution in [0, 0.1) is 17.0 Å². The number of carbonyl (C=O) groups excluding carboxylic acids is 2. The van der Waals surface area contributed by atoms with Gasteiger partial charge in [0.15, 0.2) is 0 Å². The van der Waals surface area contributed by atoms with Crippen molar-refractivity contribution < 1.29 is 18.4 Å². The largest absolute Gasteiger partial charge is 0.340 e. The van der Waals surface area contributed by atoms with E-state index in [0.29, 0.717) is 38.3 Å². The molecule has 3 rings (SSSR count). The van der Waals surface area contributed by atoms with E-state index in [-0.39, 0.29) is 17.6 Å². The molecule has 1 fully saturated rings. The minimum Gasteiger partial charge on any atom is -0.340 e. The SMILES string of the molecule is CC(C)(C)C(=O)N1CCN(CCN(Cc2ccc(F)cc2)C(=O)c2ccc(F)cc2)CC1. The lowest BCUT2D eigenvalue weighted by atomic mass is 9.94. The Morgan fingerprint density at radius 3 is 1.94 bits per heavy atom. The second-order valence-corrected chi connectivity index (χ2v) is 9.24. The zero-order valence-electron chi connectivity index (χ0n) is 19.0. The summed E-state index contributed by atoms with van der Waals surface area (Å²) >= 11 is 0. The van der Waals surface area contributed by atoms with E-state index in [1.807, 2.05) is 25.7 Å². The Kier molecular flexibility index (Phi) is 7.61. The molecule has 5 nitrogen and oxygen atoms in total. The van der Waals surface area contributed by atoms with Gasteiger partial charge in [0, 0.05) is 56.8 Å². The predicted molar refractivity (Wildman–Crippen MR) is 120 cm³/mol. The second-order valence-electron chi connectivity index (χ2n) is 9.24.